The zero-order chi connectivity index (χ0) is 12.0. The first-order valence-electron chi connectivity index (χ1n) is 5.80. The molecule has 0 aliphatic heterocycles. The van der Waals surface area contributed by atoms with Crippen LogP contribution < -0.4 is 5.73 Å². The summed E-state index contributed by atoms with van der Waals surface area (Å²) in [6, 6.07) is 6.47. The van der Waals surface area contributed by atoms with Gasteiger partial charge in [-0.15, -0.1) is 11.8 Å². The van der Waals surface area contributed by atoms with Crippen molar-refractivity contribution in [1.29, 1.82) is 0 Å². The van der Waals surface area contributed by atoms with Gasteiger partial charge in [-0.3, -0.25) is 0 Å². The molecule has 1 aromatic rings. The predicted octanol–water partition coefficient (Wildman–Crippen LogP) is 4.12. The van der Waals surface area contributed by atoms with Crippen molar-refractivity contribution in [3.63, 3.8) is 0 Å². The van der Waals surface area contributed by atoms with E-state index in [0.717, 1.165) is 17.2 Å². The fraction of sp³-hybridized carbons (Fsp3) is 0.538. The SMILES string of the molecule is CCCCSc1ccc(CC(C)N)cc1Cl. The Bertz CT molecular complexity index is 326. The van der Waals surface area contributed by atoms with Crippen LogP contribution in [0, 0.1) is 0 Å². The van der Waals surface area contributed by atoms with Gasteiger partial charge >= 0.3 is 0 Å². The maximum atomic E-state index is 6.23. The summed E-state index contributed by atoms with van der Waals surface area (Å²) in [6.07, 6.45) is 3.36. The van der Waals surface area contributed by atoms with Crippen LogP contribution in [0.3, 0.4) is 0 Å². The second-order valence-corrected chi connectivity index (χ2v) is 5.69. The van der Waals surface area contributed by atoms with Crippen LogP contribution in [0.2, 0.25) is 5.02 Å². The number of hydrogen-bond donors (Lipinski definition) is 1. The van der Waals surface area contributed by atoms with Gasteiger partial charge in [0.05, 0.1) is 5.02 Å². The molecule has 1 atom stereocenters. The largest absolute Gasteiger partial charge is 0.328 e. The molecule has 0 aromatic heterocycles. The molecule has 0 radical (unpaired) electrons. The van der Waals surface area contributed by atoms with E-state index >= 15 is 0 Å². The molecule has 1 nitrogen and oxygen atoms in total. The lowest BCUT2D eigenvalue weighted by molar-refractivity contribution is 0.737. The van der Waals surface area contributed by atoms with Gasteiger partial charge < -0.3 is 5.73 Å². The van der Waals surface area contributed by atoms with Crippen LogP contribution in [-0.4, -0.2) is 11.8 Å². The van der Waals surface area contributed by atoms with Crippen molar-refractivity contribution >= 4 is 23.4 Å². The van der Waals surface area contributed by atoms with Crippen molar-refractivity contribution in [3.05, 3.63) is 28.8 Å². The molecule has 16 heavy (non-hydrogen) atoms. The van der Waals surface area contributed by atoms with E-state index in [-0.39, 0.29) is 6.04 Å². The van der Waals surface area contributed by atoms with Crippen molar-refractivity contribution < 1.29 is 0 Å². The normalized spacial score (nSPS) is 12.8. The summed E-state index contributed by atoms with van der Waals surface area (Å²) < 4.78 is 0. The van der Waals surface area contributed by atoms with E-state index in [1.165, 1.54) is 23.3 Å². The van der Waals surface area contributed by atoms with E-state index in [1.54, 1.807) is 0 Å². The van der Waals surface area contributed by atoms with Crippen LogP contribution in [0.1, 0.15) is 32.3 Å². The Hall–Kier alpha value is -0.180. The summed E-state index contributed by atoms with van der Waals surface area (Å²) in [5.74, 6) is 1.14. The van der Waals surface area contributed by atoms with Crippen molar-refractivity contribution in [1.82, 2.24) is 0 Å². The van der Waals surface area contributed by atoms with Gasteiger partial charge in [-0.05, 0) is 43.2 Å². The number of nitrogens with two attached hydrogens (primary N) is 1. The Morgan fingerprint density at radius 1 is 1.44 bits per heavy atom. The molecule has 0 bridgehead atoms. The van der Waals surface area contributed by atoms with Crippen molar-refractivity contribution in [2.24, 2.45) is 5.73 Å². The van der Waals surface area contributed by atoms with E-state index < -0.39 is 0 Å². The average Bonchev–Trinajstić information content (AvgIpc) is 2.20. The molecule has 0 aliphatic rings. The molecule has 0 aliphatic carbocycles. The molecule has 1 unspecified atom stereocenters. The minimum absolute atomic E-state index is 0.190. The highest BCUT2D eigenvalue weighted by molar-refractivity contribution is 7.99. The summed E-state index contributed by atoms with van der Waals surface area (Å²) in [5.41, 5.74) is 6.98. The quantitative estimate of drug-likeness (QED) is 0.613. The first-order valence-corrected chi connectivity index (χ1v) is 7.16. The third kappa shape index (κ3) is 4.77. The van der Waals surface area contributed by atoms with Gasteiger partial charge in [0.2, 0.25) is 0 Å². The summed E-state index contributed by atoms with van der Waals surface area (Å²) in [6.45, 7) is 4.21. The topological polar surface area (TPSA) is 26.0 Å². The number of thioether (sulfide) groups is 1. The van der Waals surface area contributed by atoms with Gasteiger partial charge in [-0.25, -0.2) is 0 Å². The molecule has 3 heteroatoms. The summed E-state index contributed by atoms with van der Waals surface area (Å²) in [4.78, 5) is 1.18. The van der Waals surface area contributed by atoms with Crippen LogP contribution in [0.5, 0.6) is 0 Å². The Balaban J connectivity index is 2.60. The highest BCUT2D eigenvalue weighted by atomic mass is 35.5. The lowest BCUT2D eigenvalue weighted by atomic mass is 10.1. The van der Waals surface area contributed by atoms with Crippen molar-refractivity contribution in [3.8, 4) is 0 Å². The molecule has 2 N–H and O–H groups in total. The highest BCUT2D eigenvalue weighted by Gasteiger charge is 2.04. The third-order valence-corrected chi connectivity index (χ3v) is 3.89. The van der Waals surface area contributed by atoms with Crippen LogP contribution >= 0.6 is 23.4 Å². The Kier molecular flexibility index (Phi) is 6.25. The zero-order valence-corrected chi connectivity index (χ0v) is 11.6. The Labute approximate surface area is 108 Å². The standard InChI is InChI=1S/C13H20ClNS/c1-3-4-7-16-13-6-5-11(8-10(2)15)9-12(13)14/h5-6,9-10H,3-4,7-8,15H2,1-2H3. The van der Waals surface area contributed by atoms with Crippen molar-refractivity contribution in [2.45, 2.75) is 44.0 Å². The lowest BCUT2D eigenvalue weighted by Crippen LogP contribution is -2.17. The number of unbranched alkanes of at least 4 members (excludes halogenated alkanes) is 1. The lowest BCUT2D eigenvalue weighted by Gasteiger charge is -2.08. The number of hydrogen-bond acceptors (Lipinski definition) is 2. The van der Waals surface area contributed by atoms with Crippen LogP contribution in [-0.2, 0) is 6.42 Å². The number of halogens is 1. The molecule has 0 fully saturated rings. The minimum atomic E-state index is 0.190. The summed E-state index contributed by atoms with van der Waals surface area (Å²) in [5, 5.41) is 0.860. The maximum absolute atomic E-state index is 6.23. The second-order valence-electron chi connectivity index (χ2n) is 4.15. The molecular formula is C13H20ClNS. The summed E-state index contributed by atoms with van der Waals surface area (Å²) >= 11 is 8.07. The van der Waals surface area contributed by atoms with Gasteiger partial charge in [0.1, 0.15) is 0 Å². The minimum Gasteiger partial charge on any atom is -0.328 e. The van der Waals surface area contributed by atoms with Gasteiger partial charge in [-0.2, -0.15) is 0 Å². The van der Waals surface area contributed by atoms with E-state index in [9.17, 15) is 0 Å². The fourth-order valence-electron chi connectivity index (χ4n) is 1.49. The number of benzene rings is 1. The molecule has 0 saturated carbocycles. The first kappa shape index (κ1) is 13.9. The number of rotatable bonds is 6. The predicted molar refractivity (Wildman–Crippen MR) is 74.4 cm³/mol. The van der Waals surface area contributed by atoms with E-state index in [2.05, 4.69) is 19.1 Å². The van der Waals surface area contributed by atoms with Gasteiger partial charge in [0.15, 0.2) is 0 Å². The Morgan fingerprint density at radius 2 is 2.19 bits per heavy atom. The monoisotopic (exact) mass is 257 g/mol. The van der Waals surface area contributed by atoms with Crippen molar-refractivity contribution in [2.75, 3.05) is 5.75 Å². The van der Waals surface area contributed by atoms with E-state index in [1.807, 2.05) is 24.8 Å². The van der Waals surface area contributed by atoms with Gasteiger partial charge in [0.25, 0.3) is 0 Å². The van der Waals surface area contributed by atoms with E-state index in [4.69, 9.17) is 17.3 Å². The van der Waals surface area contributed by atoms with E-state index in [0.29, 0.717) is 0 Å². The molecule has 1 aromatic carbocycles. The average molecular weight is 258 g/mol. The maximum Gasteiger partial charge on any atom is 0.0544 e. The molecule has 1 rings (SSSR count). The van der Waals surface area contributed by atoms with Crippen LogP contribution in [0.4, 0.5) is 0 Å². The molecule has 0 saturated heterocycles. The first-order chi connectivity index (χ1) is 7.63. The fourth-order valence-corrected chi connectivity index (χ4v) is 2.87. The third-order valence-electron chi connectivity index (χ3n) is 2.31. The van der Waals surface area contributed by atoms with Gasteiger partial charge in [0, 0.05) is 10.9 Å². The molecular weight excluding hydrogens is 238 g/mol. The molecule has 90 valence electrons. The Morgan fingerprint density at radius 3 is 2.75 bits per heavy atom. The highest BCUT2D eigenvalue weighted by Crippen LogP contribution is 2.28. The summed E-state index contributed by atoms with van der Waals surface area (Å²) in [7, 11) is 0. The second kappa shape index (κ2) is 7.21. The smallest absolute Gasteiger partial charge is 0.0544 e. The molecule has 0 amide bonds. The molecule has 0 spiro atoms. The zero-order valence-electron chi connectivity index (χ0n) is 10.0. The van der Waals surface area contributed by atoms with Gasteiger partial charge in [-0.1, -0.05) is 31.0 Å². The molecule has 0 heterocycles. The van der Waals surface area contributed by atoms with Crippen LogP contribution in [0.15, 0.2) is 23.1 Å². The van der Waals surface area contributed by atoms with Crippen LogP contribution in [0.25, 0.3) is 0 Å².